The van der Waals surface area contributed by atoms with Gasteiger partial charge in [-0.05, 0) is 61.5 Å². The Bertz CT molecular complexity index is 910. The smallest absolute Gasteiger partial charge is 0.255 e. The highest BCUT2D eigenvalue weighted by atomic mass is 35.5. The third-order valence-electron chi connectivity index (χ3n) is 4.23. The summed E-state index contributed by atoms with van der Waals surface area (Å²) < 4.78 is 0. The summed E-state index contributed by atoms with van der Waals surface area (Å²) in [6.07, 6.45) is 0. The lowest BCUT2D eigenvalue weighted by Gasteiger charge is -2.30. The maximum atomic E-state index is 13.0. The molecule has 0 saturated carbocycles. The van der Waals surface area contributed by atoms with Gasteiger partial charge in [0.1, 0.15) is 0 Å². The molecule has 1 aliphatic heterocycles. The first kappa shape index (κ1) is 18.7. The van der Waals surface area contributed by atoms with Gasteiger partial charge in [0.25, 0.3) is 5.91 Å². The summed E-state index contributed by atoms with van der Waals surface area (Å²) >= 11 is 17.4. The second-order valence-corrected chi connectivity index (χ2v) is 7.24. The molecule has 3 rings (SSSR count). The van der Waals surface area contributed by atoms with Gasteiger partial charge in [0.2, 0.25) is 0 Å². The number of allylic oxidation sites excluding steroid dienone is 1. The van der Waals surface area contributed by atoms with Crippen molar-refractivity contribution in [2.75, 3.05) is 5.32 Å². The lowest BCUT2D eigenvalue weighted by atomic mass is 9.95. The summed E-state index contributed by atoms with van der Waals surface area (Å²) in [5.41, 5.74) is 3.64. The second kappa shape index (κ2) is 7.66. The Morgan fingerprint density at radius 3 is 2.50 bits per heavy atom. The first-order valence-corrected chi connectivity index (χ1v) is 9.13. The van der Waals surface area contributed by atoms with Crippen LogP contribution in [-0.4, -0.2) is 11.0 Å². The molecule has 1 atom stereocenters. The van der Waals surface area contributed by atoms with Crippen LogP contribution in [0.25, 0.3) is 0 Å². The molecular weight excluding hydrogens is 389 g/mol. The number of rotatable bonds is 3. The minimum Gasteiger partial charge on any atom is -0.351 e. The first-order chi connectivity index (χ1) is 12.4. The summed E-state index contributed by atoms with van der Waals surface area (Å²) in [7, 11) is 0. The number of thiocarbonyl (C=S) groups is 1. The van der Waals surface area contributed by atoms with Gasteiger partial charge in [-0.25, -0.2) is 0 Å². The number of hydrogen-bond acceptors (Lipinski definition) is 2. The third-order valence-corrected chi connectivity index (χ3v) is 5.11. The van der Waals surface area contributed by atoms with E-state index < -0.39 is 0 Å². The number of halogens is 2. The molecule has 0 aromatic heterocycles. The van der Waals surface area contributed by atoms with E-state index in [1.165, 1.54) is 0 Å². The number of nitrogens with one attached hydrogen (secondary N) is 3. The molecule has 7 heteroatoms. The van der Waals surface area contributed by atoms with E-state index in [2.05, 4.69) is 16.0 Å². The molecule has 0 saturated heterocycles. The Balaban J connectivity index is 1.96. The molecule has 2 aromatic rings. The largest absolute Gasteiger partial charge is 0.351 e. The third kappa shape index (κ3) is 3.85. The van der Waals surface area contributed by atoms with Crippen LogP contribution < -0.4 is 16.0 Å². The molecule has 0 spiro atoms. The van der Waals surface area contributed by atoms with Crippen molar-refractivity contribution in [3.8, 4) is 0 Å². The predicted octanol–water partition coefficient (Wildman–Crippen LogP) is 4.73. The Labute approximate surface area is 167 Å². The molecule has 1 heterocycles. The van der Waals surface area contributed by atoms with Crippen molar-refractivity contribution >= 4 is 52.1 Å². The van der Waals surface area contributed by atoms with Gasteiger partial charge in [-0.3, -0.25) is 4.79 Å². The van der Waals surface area contributed by atoms with Crippen molar-refractivity contribution in [2.24, 2.45) is 0 Å². The van der Waals surface area contributed by atoms with E-state index in [-0.39, 0.29) is 11.9 Å². The SMILES string of the molecule is CC1=C(C(=O)Nc2cccc(Cl)c2C)[C@@H](c2ccc(Cl)cc2)NC(=S)N1. The zero-order valence-electron chi connectivity index (χ0n) is 14.2. The summed E-state index contributed by atoms with van der Waals surface area (Å²) in [6, 6.07) is 12.4. The van der Waals surface area contributed by atoms with E-state index in [0.29, 0.717) is 32.1 Å². The van der Waals surface area contributed by atoms with Crippen LogP contribution in [0.4, 0.5) is 5.69 Å². The summed E-state index contributed by atoms with van der Waals surface area (Å²) in [5.74, 6) is -0.227. The fraction of sp³-hybridized carbons (Fsp3) is 0.158. The number of benzene rings is 2. The maximum absolute atomic E-state index is 13.0. The number of hydrogen-bond donors (Lipinski definition) is 3. The lowest BCUT2D eigenvalue weighted by Crippen LogP contribution is -2.45. The number of amides is 1. The van der Waals surface area contributed by atoms with E-state index in [9.17, 15) is 4.79 Å². The average molecular weight is 406 g/mol. The molecule has 3 N–H and O–H groups in total. The van der Waals surface area contributed by atoms with Gasteiger partial charge in [0.15, 0.2) is 5.11 Å². The molecule has 1 amide bonds. The number of carbonyl (C=O) groups is 1. The highest BCUT2D eigenvalue weighted by molar-refractivity contribution is 7.80. The highest BCUT2D eigenvalue weighted by Gasteiger charge is 2.30. The van der Waals surface area contributed by atoms with Crippen LogP contribution in [0, 0.1) is 6.92 Å². The van der Waals surface area contributed by atoms with Crippen LogP contribution in [0.5, 0.6) is 0 Å². The number of carbonyl (C=O) groups excluding carboxylic acids is 1. The summed E-state index contributed by atoms with van der Waals surface area (Å²) in [4.78, 5) is 13.0. The Morgan fingerprint density at radius 2 is 1.81 bits per heavy atom. The fourth-order valence-corrected chi connectivity index (χ4v) is 3.40. The molecule has 4 nitrogen and oxygen atoms in total. The first-order valence-electron chi connectivity index (χ1n) is 7.97. The van der Waals surface area contributed by atoms with E-state index in [0.717, 1.165) is 11.1 Å². The molecule has 26 heavy (non-hydrogen) atoms. The Morgan fingerprint density at radius 1 is 1.12 bits per heavy atom. The van der Waals surface area contributed by atoms with Gasteiger partial charge in [-0.1, -0.05) is 41.4 Å². The van der Waals surface area contributed by atoms with Crippen molar-refractivity contribution in [3.05, 3.63) is 74.9 Å². The van der Waals surface area contributed by atoms with Gasteiger partial charge in [-0.2, -0.15) is 0 Å². The predicted molar refractivity (Wildman–Crippen MR) is 111 cm³/mol. The molecule has 2 aromatic carbocycles. The summed E-state index contributed by atoms with van der Waals surface area (Å²) in [6.45, 7) is 3.69. The molecule has 0 unspecified atom stereocenters. The summed E-state index contributed by atoms with van der Waals surface area (Å²) in [5, 5.41) is 10.8. The zero-order chi connectivity index (χ0) is 18.8. The topological polar surface area (TPSA) is 53.2 Å². The van der Waals surface area contributed by atoms with Crippen molar-refractivity contribution in [1.82, 2.24) is 10.6 Å². The van der Waals surface area contributed by atoms with Gasteiger partial charge in [-0.15, -0.1) is 0 Å². The highest BCUT2D eigenvalue weighted by Crippen LogP contribution is 2.30. The minimum absolute atomic E-state index is 0.227. The monoisotopic (exact) mass is 405 g/mol. The minimum atomic E-state index is -0.375. The fourth-order valence-electron chi connectivity index (χ4n) is 2.83. The van der Waals surface area contributed by atoms with Crippen molar-refractivity contribution in [2.45, 2.75) is 19.9 Å². The van der Waals surface area contributed by atoms with Crippen LogP contribution in [0.2, 0.25) is 10.0 Å². The van der Waals surface area contributed by atoms with E-state index in [1.807, 2.05) is 32.0 Å². The van der Waals surface area contributed by atoms with Gasteiger partial charge < -0.3 is 16.0 Å². The van der Waals surface area contributed by atoms with Crippen LogP contribution in [-0.2, 0) is 4.79 Å². The van der Waals surface area contributed by atoms with Gasteiger partial charge in [0, 0.05) is 21.4 Å². The lowest BCUT2D eigenvalue weighted by molar-refractivity contribution is -0.113. The molecule has 0 aliphatic carbocycles. The molecule has 1 aliphatic rings. The van der Waals surface area contributed by atoms with Crippen LogP contribution in [0.15, 0.2) is 53.7 Å². The van der Waals surface area contributed by atoms with Crippen molar-refractivity contribution in [3.63, 3.8) is 0 Å². The maximum Gasteiger partial charge on any atom is 0.255 e. The van der Waals surface area contributed by atoms with E-state index >= 15 is 0 Å². The van der Waals surface area contributed by atoms with Crippen LogP contribution >= 0.6 is 35.4 Å². The molecule has 0 bridgehead atoms. The van der Waals surface area contributed by atoms with Gasteiger partial charge in [0.05, 0.1) is 11.6 Å². The standard InChI is InChI=1S/C19H17Cl2N3OS/c1-10-14(21)4-3-5-15(10)23-18(25)16-11(2)22-19(26)24-17(16)12-6-8-13(20)9-7-12/h3-9,17H,1-2H3,(H,23,25)(H2,22,24,26)/t17-/m1/s1. The van der Waals surface area contributed by atoms with Crippen molar-refractivity contribution < 1.29 is 4.79 Å². The van der Waals surface area contributed by atoms with Gasteiger partial charge >= 0.3 is 0 Å². The second-order valence-electron chi connectivity index (χ2n) is 5.99. The van der Waals surface area contributed by atoms with E-state index in [1.54, 1.807) is 24.3 Å². The molecular formula is C19H17Cl2N3OS. The zero-order valence-corrected chi connectivity index (χ0v) is 16.5. The van der Waals surface area contributed by atoms with Crippen LogP contribution in [0.1, 0.15) is 24.1 Å². The Hall–Kier alpha value is -2.08. The molecule has 134 valence electrons. The van der Waals surface area contributed by atoms with E-state index in [4.69, 9.17) is 35.4 Å². The Kier molecular flexibility index (Phi) is 5.51. The van der Waals surface area contributed by atoms with Crippen molar-refractivity contribution in [1.29, 1.82) is 0 Å². The average Bonchev–Trinajstić information content (AvgIpc) is 2.59. The van der Waals surface area contributed by atoms with Crippen LogP contribution in [0.3, 0.4) is 0 Å². The molecule has 0 fully saturated rings. The quantitative estimate of drug-likeness (QED) is 0.645. The number of anilines is 1. The normalized spacial score (nSPS) is 16.8. The molecule has 0 radical (unpaired) electrons.